The molecule has 1 atom stereocenters. The first-order chi connectivity index (χ1) is 15.3. The van der Waals surface area contributed by atoms with Crippen LogP contribution >= 0.6 is 0 Å². The van der Waals surface area contributed by atoms with Gasteiger partial charge in [0, 0.05) is 12.1 Å². The molecule has 162 valence electrons. The Morgan fingerprint density at radius 3 is 2.12 bits per heavy atom. The Morgan fingerprint density at radius 2 is 1.50 bits per heavy atom. The van der Waals surface area contributed by atoms with E-state index in [0.29, 0.717) is 16.7 Å². The van der Waals surface area contributed by atoms with Crippen LogP contribution in [0.4, 0.5) is 8.78 Å². The molecular formula is C26H21F2NO3. The van der Waals surface area contributed by atoms with E-state index < -0.39 is 29.4 Å². The molecule has 0 aromatic heterocycles. The molecule has 1 unspecified atom stereocenters. The van der Waals surface area contributed by atoms with E-state index in [1.165, 1.54) is 53.4 Å². The normalized spacial score (nSPS) is 17.8. The van der Waals surface area contributed by atoms with Crippen LogP contribution in [0.1, 0.15) is 33.9 Å². The molecule has 0 aliphatic carbocycles. The highest BCUT2D eigenvalue weighted by molar-refractivity contribution is 6.46. The van der Waals surface area contributed by atoms with Crippen molar-refractivity contribution in [2.75, 3.05) is 0 Å². The van der Waals surface area contributed by atoms with Gasteiger partial charge in [0.1, 0.15) is 17.4 Å². The zero-order valence-corrected chi connectivity index (χ0v) is 17.6. The largest absolute Gasteiger partial charge is 0.507 e. The predicted octanol–water partition coefficient (Wildman–Crippen LogP) is 5.20. The minimum atomic E-state index is -0.916. The van der Waals surface area contributed by atoms with Gasteiger partial charge < -0.3 is 10.0 Å². The molecule has 32 heavy (non-hydrogen) atoms. The number of hydrogen-bond acceptors (Lipinski definition) is 3. The summed E-state index contributed by atoms with van der Waals surface area (Å²) in [7, 11) is 0. The minimum Gasteiger partial charge on any atom is -0.507 e. The maximum atomic E-state index is 13.6. The van der Waals surface area contributed by atoms with E-state index in [2.05, 4.69) is 0 Å². The molecule has 1 amide bonds. The second-order valence-corrected chi connectivity index (χ2v) is 7.92. The van der Waals surface area contributed by atoms with Crippen LogP contribution < -0.4 is 0 Å². The van der Waals surface area contributed by atoms with Gasteiger partial charge in [0.15, 0.2) is 0 Å². The first-order valence-electron chi connectivity index (χ1n) is 10.1. The Balaban J connectivity index is 1.88. The van der Waals surface area contributed by atoms with E-state index in [1.807, 2.05) is 19.1 Å². The zero-order chi connectivity index (χ0) is 23.0. The number of benzene rings is 3. The number of aliphatic hydroxyl groups is 1. The van der Waals surface area contributed by atoms with E-state index in [9.17, 15) is 23.5 Å². The lowest BCUT2D eigenvalue weighted by atomic mass is 9.93. The van der Waals surface area contributed by atoms with Gasteiger partial charge in [0.2, 0.25) is 0 Å². The highest BCUT2D eigenvalue weighted by Gasteiger charge is 2.46. The number of Topliss-reactive ketones (excluding diaryl/α,β-unsaturated/α-hetero) is 1. The minimum absolute atomic E-state index is 0.0243. The number of halogens is 2. The highest BCUT2D eigenvalue weighted by atomic mass is 19.1. The van der Waals surface area contributed by atoms with E-state index in [0.717, 1.165) is 11.1 Å². The van der Waals surface area contributed by atoms with Crippen LogP contribution in [0, 0.1) is 25.5 Å². The number of likely N-dealkylation sites (tertiary alicyclic amines) is 1. The molecule has 0 spiro atoms. The maximum Gasteiger partial charge on any atom is 0.295 e. The average Bonchev–Trinajstić information content (AvgIpc) is 3.02. The monoisotopic (exact) mass is 433 g/mol. The number of hydrogen-bond donors (Lipinski definition) is 1. The fraction of sp³-hybridized carbons (Fsp3) is 0.154. The van der Waals surface area contributed by atoms with E-state index in [1.54, 1.807) is 13.0 Å². The summed E-state index contributed by atoms with van der Waals surface area (Å²) in [6.07, 6.45) is 0. The Kier molecular flexibility index (Phi) is 5.61. The number of aliphatic hydroxyl groups excluding tert-OH is 1. The lowest BCUT2D eigenvalue weighted by molar-refractivity contribution is -0.140. The maximum absolute atomic E-state index is 13.6. The quantitative estimate of drug-likeness (QED) is 0.349. The van der Waals surface area contributed by atoms with Gasteiger partial charge in [-0.15, -0.1) is 0 Å². The second-order valence-electron chi connectivity index (χ2n) is 7.92. The molecule has 4 rings (SSSR count). The molecule has 1 aliphatic heterocycles. The number of carbonyl (C=O) groups is 2. The fourth-order valence-electron chi connectivity index (χ4n) is 3.96. The molecule has 3 aromatic carbocycles. The molecule has 1 aliphatic rings. The summed E-state index contributed by atoms with van der Waals surface area (Å²) in [5.41, 5.74) is 3.13. The summed E-state index contributed by atoms with van der Waals surface area (Å²) >= 11 is 0. The molecule has 0 radical (unpaired) electrons. The third kappa shape index (κ3) is 3.91. The van der Waals surface area contributed by atoms with Crippen LogP contribution in [-0.2, 0) is 16.1 Å². The van der Waals surface area contributed by atoms with Crippen molar-refractivity contribution < 1.29 is 23.5 Å². The SMILES string of the molecule is Cc1ccc(C)c(/C(O)=C2\C(=O)C(=O)N(Cc3ccc(F)cc3)C2c2ccc(F)cc2)c1. The third-order valence-electron chi connectivity index (χ3n) is 5.64. The van der Waals surface area contributed by atoms with Gasteiger partial charge in [0.05, 0.1) is 11.6 Å². The third-order valence-corrected chi connectivity index (χ3v) is 5.64. The van der Waals surface area contributed by atoms with Gasteiger partial charge in [-0.3, -0.25) is 9.59 Å². The molecule has 1 saturated heterocycles. The lowest BCUT2D eigenvalue weighted by Gasteiger charge is -2.25. The van der Waals surface area contributed by atoms with Crippen LogP contribution in [0.5, 0.6) is 0 Å². The molecule has 6 heteroatoms. The van der Waals surface area contributed by atoms with Gasteiger partial charge in [-0.2, -0.15) is 0 Å². The van der Waals surface area contributed by atoms with Crippen molar-refractivity contribution in [3.63, 3.8) is 0 Å². The van der Waals surface area contributed by atoms with Crippen LogP contribution in [0.3, 0.4) is 0 Å². The number of amides is 1. The average molecular weight is 433 g/mol. The Morgan fingerprint density at radius 1 is 0.906 bits per heavy atom. The summed E-state index contributed by atoms with van der Waals surface area (Å²) in [4.78, 5) is 27.4. The van der Waals surface area contributed by atoms with E-state index in [-0.39, 0.29) is 17.9 Å². The Hall–Kier alpha value is -3.80. The molecule has 4 nitrogen and oxygen atoms in total. The number of carbonyl (C=O) groups excluding carboxylic acids is 2. The molecule has 1 heterocycles. The van der Waals surface area contributed by atoms with Crippen LogP contribution in [-0.4, -0.2) is 21.7 Å². The Labute approximate surface area is 184 Å². The fourth-order valence-corrected chi connectivity index (χ4v) is 3.96. The van der Waals surface area contributed by atoms with Crippen molar-refractivity contribution in [2.24, 2.45) is 0 Å². The first kappa shape index (κ1) is 21.4. The van der Waals surface area contributed by atoms with Crippen LogP contribution in [0.25, 0.3) is 5.76 Å². The van der Waals surface area contributed by atoms with Gasteiger partial charge in [-0.25, -0.2) is 8.78 Å². The molecule has 1 fully saturated rings. The summed E-state index contributed by atoms with van der Waals surface area (Å²) < 4.78 is 26.9. The van der Waals surface area contributed by atoms with Crippen molar-refractivity contribution in [1.82, 2.24) is 4.90 Å². The van der Waals surface area contributed by atoms with Crippen molar-refractivity contribution in [2.45, 2.75) is 26.4 Å². The smallest absolute Gasteiger partial charge is 0.295 e. The van der Waals surface area contributed by atoms with Gasteiger partial charge in [-0.05, 0) is 60.9 Å². The molecule has 1 N–H and O–H groups in total. The molecule has 3 aromatic rings. The van der Waals surface area contributed by atoms with Crippen LogP contribution in [0.15, 0.2) is 72.3 Å². The van der Waals surface area contributed by atoms with Crippen LogP contribution in [0.2, 0.25) is 0 Å². The summed E-state index contributed by atoms with van der Waals surface area (Å²) in [6.45, 7) is 3.69. The Bertz CT molecular complexity index is 1230. The molecule has 0 bridgehead atoms. The number of nitrogens with zero attached hydrogens (tertiary/aromatic N) is 1. The number of rotatable bonds is 4. The zero-order valence-electron chi connectivity index (χ0n) is 17.6. The van der Waals surface area contributed by atoms with Crippen molar-refractivity contribution in [3.8, 4) is 0 Å². The summed E-state index contributed by atoms with van der Waals surface area (Å²) in [5, 5.41) is 11.2. The topological polar surface area (TPSA) is 57.6 Å². The van der Waals surface area contributed by atoms with E-state index in [4.69, 9.17) is 0 Å². The second kappa shape index (κ2) is 8.38. The number of aryl methyl sites for hydroxylation is 2. The molecular weight excluding hydrogens is 412 g/mol. The highest BCUT2D eigenvalue weighted by Crippen LogP contribution is 2.40. The van der Waals surface area contributed by atoms with Crippen molar-refractivity contribution >= 4 is 17.4 Å². The number of ketones is 1. The molecule has 0 saturated carbocycles. The van der Waals surface area contributed by atoms with Crippen molar-refractivity contribution in [3.05, 3.63) is 112 Å². The summed E-state index contributed by atoms with van der Waals surface area (Å²) in [6, 6.07) is 15.6. The van der Waals surface area contributed by atoms with Crippen molar-refractivity contribution in [1.29, 1.82) is 0 Å². The predicted molar refractivity (Wildman–Crippen MR) is 117 cm³/mol. The van der Waals surface area contributed by atoms with Gasteiger partial charge in [0.25, 0.3) is 11.7 Å². The lowest BCUT2D eigenvalue weighted by Crippen LogP contribution is -2.29. The summed E-state index contributed by atoms with van der Waals surface area (Å²) in [5.74, 6) is -2.75. The standard InChI is InChI=1S/C26H21F2NO3/c1-15-3-4-16(2)21(13-15)24(30)22-23(18-7-11-20(28)12-8-18)29(26(32)25(22)31)14-17-5-9-19(27)10-6-17/h3-13,23,30H,14H2,1-2H3/b24-22+. The first-order valence-corrected chi connectivity index (χ1v) is 10.1. The van der Waals surface area contributed by atoms with Gasteiger partial charge >= 0.3 is 0 Å². The van der Waals surface area contributed by atoms with E-state index >= 15 is 0 Å². The van der Waals surface area contributed by atoms with Gasteiger partial charge in [-0.1, -0.05) is 42.0 Å².